The summed E-state index contributed by atoms with van der Waals surface area (Å²) in [5.74, 6) is 0. The summed E-state index contributed by atoms with van der Waals surface area (Å²) in [7, 11) is -3.62. The summed E-state index contributed by atoms with van der Waals surface area (Å²) in [5, 5.41) is 9.29. The molecule has 2 rings (SSSR count). The van der Waals surface area contributed by atoms with Crippen LogP contribution in [0.3, 0.4) is 0 Å². The zero-order valence-electron chi connectivity index (χ0n) is 12.1. The lowest BCUT2D eigenvalue weighted by atomic mass is 10.1. The number of nitrogens with zero attached hydrogens (tertiary/aromatic N) is 3. The standard InChI is InChI=1S/C15H17N3O2S/c1-3-18(11-5-9-16)21(19,20)14-8-7-12(2)15-13(14)6-4-10-17-15/h4,6-8,10H,3,5,11H2,1-2H3. The fraction of sp³-hybridized carbons (Fsp3) is 0.333. The highest BCUT2D eigenvalue weighted by Crippen LogP contribution is 2.26. The molecule has 0 aliphatic heterocycles. The molecule has 0 unspecified atom stereocenters. The van der Waals surface area contributed by atoms with Crippen LogP contribution in [0.15, 0.2) is 35.4 Å². The van der Waals surface area contributed by atoms with E-state index in [2.05, 4.69) is 4.98 Å². The highest BCUT2D eigenvalue weighted by Gasteiger charge is 2.25. The monoisotopic (exact) mass is 303 g/mol. The Kier molecular flexibility index (Phi) is 4.56. The van der Waals surface area contributed by atoms with Crippen LogP contribution >= 0.6 is 0 Å². The van der Waals surface area contributed by atoms with Crippen LogP contribution in [0.1, 0.15) is 18.9 Å². The molecule has 0 saturated carbocycles. The number of rotatable bonds is 5. The summed E-state index contributed by atoms with van der Waals surface area (Å²) in [6, 6.07) is 8.86. The molecule has 0 spiro atoms. The number of benzene rings is 1. The second-order valence-electron chi connectivity index (χ2n) is 4.68. The van der Waals surface area contributed by atoms with Gasteiger partial charge in [0.05, 0.1) is 16.5 Å². The predicted octanol–water partition coefficient (Wildman–Crippen LogP) is 2.47. The number of hydrogen-bond acceptors (Lipinski definition) is 4. The Morgan fingerprint density at radius 2 is 2.10 bits per heavy atom. The van der Waals surface area contributed by atoms with Crippen molar-refractivity contribution in [2.75, 3.05) is 13.1 Å². The third-order valence-electron chi connectivity index (χ3n) is 3.37. The number of pyridine rings is 1. The van der Waals surface area contributed by atoms with E-state index in [1.54, 1.807) is 37.4 Å². The highest BCUT2D eigenvalue weighted by atomic mass is 32.2. The van der Waals surface area contributed by atoms with Gasteiger partial charge in [-0.05, 0) is 30.7 Å². The first-order valence-electron chi connectivity index (χ1n) is 6.73. The van der Waals surface area contributed by atoms with Gasteiger partial charge >= 0.3 is 0 Å². The van der Waals surface area contributed by atoms with Gasteiger partial charge in [0, 0.05) is 31.1 Å². The van der Waals surface area contributed by atoms with Gasteiger partial charge in [-0.1, -0.05) is 13.0 Å². The highest BCUT2D eigenvalue weighted by molar-refractivity contribution is 7.89. The van der Waals surface area contributed by atoms with Crippen LogP contribution in [0, 0.1) is 18.3 Å². The van der Waals surface area contributed by atoms with Gasteiger partial charge in [-0.15, -0.1) is 0 Å². The zero-order chi connectivity index (χ0) is 15.5. The minimum Gasteiger partial charge on any atom is -0.256 e. The second kappa shape index (κ2) is 6.20. The van der Waals surface area contributed by atoms with Gasteiger partial charge in [0.1, 0.15) is 0 Å². The van der Waals surface area contributed by atoms with Crippen LogP contribution in [0.2, 0.25) is 0 Å². The normalized spacial score (nSPS) is 11.7. The lowest BCUT2D eigenvalue weighted by Gasteiger charge is -2.20. The van der Waals surface area contributed by atoms with E-state index in [1.165, 1.54) is 4.31 Å². The van der Waals surface area contributed by atoms with Crippen molar-refractivity contribution in [3.8, 4) is 6.07 Å². The summed E-state index contributed by atoms with van der Waals surface area (Å²) < 4.78 is 26.9. The van der Waals surface area contributed by atoms with Crippen LogP contribution in [0.5, 0.6) is 0 Å². The molecule has 0 radical (unpaired) electrons. The maximum atomic E-state index is 12.8. The van der Waals surface area contributed by atoms with Gasteiger partial charge in [-0.3, -0.25) is 4.98 Å². The van der Waals surface area contributed by atoms with E-state index in [1.807, 2.05) is 13.0 Å². The molecule has 6 heteroatoms. The Morgan fingerprint density at radius 1 is 1.33 bits per heavy atom. The van der Waals surface area contributed by atoms with Gasteiger partial charge in [-0.2, -0.15) is 9.57 Å². The van der Waals surface area contributed by atoms with Gasteiger partial charge in [-0.25, -0.2) is 8.42 Å². The third kappa shape index (κ3) is 2.89. The van der Waals surface area contributed by atoms with Crippen molar-refractivity contribution in [3.63, 3.8) is 0 Å². The van der Waals surface area contributed by atoms with E-state index in [4.69, 9.17) is 5.26 Å². The van der Waals surface area contributed by atoms with E-state index >= 15 is 0 Å². The molecule has 0 aliphatic rings. The Balaban J connectivity index is 2.60. The average molecular weight is 303 g/mol. The molecule has 110 valence electrons. The quantitative estimate of drug-likeness (QED) is 0.850. The molecule has 0 saturated heterocycles. The largest absolute Gasteiger partial charge is 0.256 e. The summed E-state index contributed by atoms with van der Waals surface area (Å²) in [6.45, 7) is 4.20. The fourth-order valence-corrected chi connectivity index (χ4v) is 3.91. The van der Waals surface area contributed by atoms with E-state index < -0.39 is 10.0 Å². The van der Waals surface area contributed by atoms with Crippen LogP contribution in [-0.2, 0) is 10.0 Å². The molecule has 0 atom stereocenters. The molecule has 0 aliphatic carbocycles. The first-order valence-corrected chi connectivity index (χ1v) is 8.17. The Morgan fingerprint density at radius 3 is 2.76 bits per heavy atom. The van der Waals surface area contributed by atoms with Gasteiger partial charge in [0.15, 0.2) is 0 Å². The molecule has 2 aromatic rings. The smallest absolute Gasteiger partial charge is 0.243 e. The van der Waals surface area contributed by atoms with Crippen molar-refractivity contribution < 1.29 is 8.42 Å². The molecule has 21 heavy (non-hydrogen) atoms. The molecule has 1 heterocycles. The number of aromatic nitrogens is 1. The summed E-state index contributed by atoms with van der Waals surface area (Å²) in [6.07, 6.45) is 1.83. The number of sulfonamides is 1. The molecule has 0 fully saturated rings. The van der Waals surface area contributed by atoms with Crippen LogP contribution in [-0.4, -0.2) is 30.8 Å². The lowest BCUT2D eigenvalue weighted by molar-refractivity contribution is 0.435. The Hall–Kier alpha value is -1.97. The molecular weight excluding hydrogens is 286 g/mol. The van der Waals surface area contributed by atoms with E-state index in [0.29, 0.717) is 17.4 Å². The van der Waals surface area contributed by atoms with Crippen molar-refractivity contribution in [3.05, 3.63) is 36.0 Å². The van der Waals surface area contributed by atoms with Gasteiger partial charge in [0.25, 0.3) is 0 Å². The van der Waals surface area contributed by atoms with Crippen LogP contribution in [0.25, 0.3) is 10.9 Å². The Labute approximate surface area is 124 Å². The number of nitriles is 1. The molecule has 1 aromatic carbocycles. The average Bonchev–Trinajstić information content (AvgIpc) is 2.48. The Bertz CT molecular complexity index is 794. The summed E-state index contributed by atoms with van der Waals surface area (Å²) >= 11 is 0. The van der Waals surface area contributed by atoms with Crippen molar-refractivity contribution >= 4 is 20.9 Å². The lowest BCUT2D eigenvalue weighted by Crippen LogP contribution is -2.31. The molecule has 0 bridgehead atoms. The second-order valence-corrected chi connectivity index (χ2v) is 6.59. The number of aryl methyl sites for hydroxylation is 1. The topological polar surface area (TPSA) is 74.1 Å². The molecular formula is C15H17N3O2S. The van der Waals surface area contributed by atoms with E-state index in [9.17, 15) is 8.42 Å². The molecule has 1 aromatic heterocycles. The zero-order valence-corrected chi connectivity index (χ0v) is 12.9. The van der Waals surface area contributed by atoms with Gasteiger partial charge < -0.3 is 0 Å². The van der Waals surface area contributed by atoms with E-state index in [-0.39, 0.29) is 17.9 Å². The summed E-state index contributed by atoms with van der Waals surface area (Å²) in [4.78, 5) is 4.51. The summed E-state index contributed by atoms with van der Waals surface area (Å²) in [5.41, 5.74) is 1.62. The first-order chi connectivity index (χ1) is 10.0. The van der Waals surface area contributed by atoms with Crippen LogP contribution < -0.4 is 0 Å². The maximum absolute atomic E-state index is 12.8. The SMILES string of the molecule is CCN(CCC#N)S(=O)(=O)c1ccc(C)c2ncccc12. The third-order valence-corrected chi connectivity index (χ3v) is 5.41. The van der Waals surface area contributed by atoms with E-state index in [0.717, 1.165) is 5.56 Å². The molecule has 5 nitrogen and oxygen atoms in total. The van der Waals surface area contributed by atoms with Crippen molar-refractivity contribution in [1.82, 2.24) is 9.29 Å². The number of fused-ring (bicyclic) bond motifs is 1. The number of hydrogen-bond donors (Lipinski definition) is 0. The first kappa shape index (κ1) is 15.4. The maximum Gasteiger partial charge on any atom is 0.243 e. The van der Waals surface area contributed by atoms with Gasteiger partial charge in [0.2, 0.25) is 10.0 Å². The van der Waals surface area contributed by atoms with Crippen molar-refractivity contribution in [1.29, 1.82) is 5.26 Å². The minimum atomic E-state index is -3.62. The predicted molar refractivity (Wildman–Crippen MR) is 81.1 cm³/mol. The minimum absolute atomic E-state index is 0.176. The molecule has 0 amide bonds. The molecule has 0 N–H and O–H groups in total. The van der Waals surface area contributed by atoms with Crippen molar-refractivity contribution in [2.24, 2.45) is 0 Å². The van der Waals surface area contributed by atoms with Crippen molar-refractivity contribution in [2.45, 2.75) is 25.2 Å². The fourth-order valence-electron chi connectivity index (χ4n) is 2.27. The van der Waals surface area contributed by atoms with Crippen LogP contribution in [0.4, 0.5) is 0 Å².